The second-order valence-corrected chi connectivity index (χ2v) is 12.0. The number of hydrogen-bond donors (Lipinski definition) is 5. The molecule has 8 atom stereocenters. The average molecular weight is 473 g/mol. The summed E-state index contributed by atoms with van der Waals surface area (Å²) < 4.78 is 24.6. The zero-order valence-corrected chi connectivity index (χ0v) is 16.8. The van der Waals surface area contributed by atoms with Gasteiger partial charge < -0.3 is 0 Å². The standard InChI is InChI=1S/C17H23ClFO7Se/c18-10-2-1-8(19)3-9(10)17-25-5-11(21)16(26-17)13(23)7-27-6-12(22)15(24)14(27)4-20/h1-3,11-17,20-24H,4-7H2/q+1/t11-,12-,13-,14-,15+,16+,17?,27?/m1/s1. The summed E-state index contributed by atoms with van der Waals surface area (Å²) >= 11 is 4.33. The minimum absolute atomic E-state index is 0.126. The molecule has 152 valence electrons. The summed E-state index contributed by atoms with van der Waals surface area (Å²) in [6.45, 7) is -0.396. The van der Waals surface area contributed by atoms with E-state index < -0.39 is 61.3 Å². The van der Waals surface area contributed by atoms with Gasteiger partial charge in [0, 0.05) is 0 Å². The van der Waals surface area contributed by atoms with Crippen LogP contribution >= 0.6 is 11.6 Å². The fourth-order valence-corrected chi connectivity index (χ4v) is 9.20. The number of halogens is 2. The summed E-state index contributed by atoms with van der Waals surface area (Å²) in [7, 11) is 0. The van der Waals surface area contributed by atoms with Gasteiger partial charge in [-0.05, 0) is 0 Å². The molecule has 10 heteroatoms. The molecule has 0 bridgehead atoms. The number of rotatable bonds is 5. The molecule has 2 aliphatic heterocycles. The van der Waals surface area contributed by atoms with Crippen LogP contribution in [0.3, 0.4) is 0 Å². The average Bonchev–Trinajstić information content (AvgIpc) is 2.90. The van der Waals surface area contributed by atoms with Gasteiger partial charge in [0.2, 0.25) is 0 Å². The molecule has 0 radical (unpaired) electrons. The Kier molecular flexibility index (Phi) is 7.13. The van der Waals surface area contributed by atoms with Crippen LogP contribution in [0.25, 0.3) is 0 Å². The molecule has 2 aliphatic rings. The third-order valence-electron chi connectivity index (χ3n) is 4.82. The Hall–Kier alpha value is -0.321. The summed E-state index contributed by atoms with van der Waals surface area (Å²) in [5, 5.41) is 50.9. The number of aliphatic hydroxyl groups is 5. The molecule has 0 spiro atoms. The van der Waals surface area contributed by atoms with E-state index in [1.54, 1.807) is 0 Å². The Bertz CT molecular complexity index is 654. The van der Waals surface area contributed by atoms with Crippen LogP contribution in [0.4, 0.5) is 4.39 Å². The molecule has 0 aromatic heterocycles. The van der Waals surface area contributed by atoms with Gasteiger partial charge in [0.25, 0.3) is 0 Å². The van der Waals surface area contributed by atoms with Crippen molar-refractivity contribution in [2.24, 2.45) is 0 Å². The van der Waals surface area contributed by atoms with Crippen LogP contribution in [0.2, 0.25) is 20.5 Å². The molecule has 5 N–H and O–H groups in total. The van der Waals surface area contributed by atoms with Gasteiger partial charge in [-0.3, -0.25) is 0 Å². The topological polar surface area (TPSA) is 120 Å². The summed E-state index contributed by atoms with van der Waals surface area (Å²) in [6, 6.07) is 3.74. The van der Waals surface area contributed by atoms with Crippen LogP contribution in [-0.4, -0.2) is 83.2 Å². The van der Waals surface area contributed by atoms with Crippen molar-refractivity contribution < 1.29 is 39.4 Å². The molecule has 27 heavy (non-hydrogen) atoms. The summed E-state index contributed by atoms with van der Waals surface area (Å²) in [6.07, 6.45) is -6.15. The molecule has 2 unspecified atom stereocenters. The number of benzene rings is 1. The van der Waals surface area contributed by atoms with Gasteiger partial charge in [-0.2, -0.15) is 0 Å². The molecule has 1 aromatic rings. The first-order chi connectivity index (χ1) is 12.8. The first-order valence-corrected chi connectivity index (χ1v) is 12.3. The van der Waals surface area contributed by atoms with Crippen LogP contribution in [0, 0.1) is 5.82 Å². The zero-order valence-electron chi connectivity index (χ0n) is 14.3. The van der Waals surface area contributed by atoms with Crippen LogP contribution < -0.4 is 0 Å². The molecule has 2 heterocycles. The Balaban J connectivity index is 1.70. The molecular weight excluding hydrogens is 450 g/mol. The Morgan fingerprint density at radius 3 is 2.70 bits per heavy atom. The van der Waals surface area contributed by atoms with E-state index in [0.29, 0.717) is 5.32 Å². The van der Waals surface area contributed by atoms with Crippen molar-refractivity contribution in [1.29, 1.82) is 0 Å². The Morgan fingerprint density at radius 2 is 2.00 bits per heavy atom. The number of ether oxygens (including phenoxy) is 2. The van der Waals surface area contributed by atoms with E-state index in [2.05, 4.69) is 0 Å². The third kappa shape index (κ3) is 4.64. The molecular formula is C17H23ClFO7Se+. The molecule has 2 saturated heterocycles. The number of hydrogen-bond acceptors (Lipinski definition) is 7. The van der Waals surface area contributed by atoms with Gasteiger partial charge in [0.05, 0.1) is 0 Å². The normalized spacial score (nSPS) is 38.1. The minimum atomic E-state index is -1.74. The van der Waals surface area contributed by atoms with Crippen molar-refractivity contribution in [2.75, 3.05) is 13.2 Å². The van der Waals surface area contributed by atoms with E-state index in [0.717, 1.165) is 0 Å². The second-order valence-electron chi connectivity index (χ2n) is 6.72. The molecule has 3 rings (SSSR count). The van der Waals surface area contributed by atoms with Crippen LogP contribution in [0.15, 0.2) is 18.2 Å². The Labute approximate surface area is 165 Å². The van der Waals surface area contributed by atoms with Crippen molar-refractivity contribution in [3.05, 3.63) is 34.6 Å². The summed E-state index contributed by atoms with van der Waals surface area (Å²) in [4.78, 5) is -0.444. The molecule has 2 fully saturated rings. The van der Waals surface area contributed by atoms with Crippen molar-refractivity contribution in [3.63, 3.8) is 0 Å². The van der Waals surface area contributed by atoms with E-state index in [1.807, 2.05) is 0 Å². The number of aliphatic hydroxyl groups excluding tert-OH is 5. The SMILES string of the molecule is OC[C@@H]1[C@@H](O)[C@H](O)C[Se+]1C[C@@H](O)[C@H]1OC(c2cc(F)ccc2Cl)OC[C@H]1O. The van der Waals surface area contributed by atoms with Gasteiger partial charge in [0.1, 0.15) is 0 Å². The fourth-order valence-electron chi connectivity index (χ4n) is 3.36. The molecule has 0 saturated carbocycles. The Morgan fingerprint density at radius 1 is 1.26 bits per heavy atom. The maximum absolute atomic E-state index is 13.5. The fraction of sp³-hybridized carbons (Fsp3) is 0.647. The van der Waals surface area contributed by atoms with E-state index in [-0.39, 0.29) is 29.1 Å². The summed E-state index contributed by atoms with van der Waals surface area (Å²) in [5.41, 5.74) is 0.261. The van der Waals surface area contributed by atoms with E-state index >= 15 is 0 Å². The molecule has 1 aromatic carbocycles. The van der Waals surface area contributed by atoms with E-state index in [4.69, 9.17) is 21.1 Å². The van der Waals surface area contributed by atoms with Gasteiger partial charge in [0.15, 0.2) is 0 Å². The van der Waals surface area contributed by atoms with Crippen LogP contribution in [0.1, 0.15) is 11.9 Å². The van der Waals surface area contributed by atoms with Gasteiger partial charge >= 0.3 is 165 Å². The predicted octanol–water partition coefficient (Wildman–Crippen LogP) is 0.208. The van der Waals surface area contributed by atoms with Gasteiger partial charge in [-0.15, -0.1) is 0 Å². The first-order valence-electron chi connectivity index (χ1n) is 8.53. The van der Waals surface area contributed by atoms with E-state index in [1.165, 1.54) is 18.2 Å². The van der Waals surface area contributed by atoms with Crippen molar-refractivity contribution in [1.82, 2.24) is 0 Å². The van der Waals surface area contributed by atoms with Gasteiger partial charge in [-0.1, -0.05) is 0 Å². The van der Waals surface area contributed by atoms with Crippen molar-refractivity contribution >= 4 is 25.5 Å². The second kappa shape index (κ2) is 9.00. The van der Waals surface area contributed by atoms with Crippen molar-refractivity contribution in [3.8, 4) is 0 Å². The van der Waals surface area contributed by atoms with Crippen LogP contribution in [0.5, 0.6) is 0 Å². The zero-order chi connectivity index (χ0) is 19.7. The third-order valence-corrected chi connectivity index (χ3v) is 11.1. The van der Waals surface area contributed by atoms with Gasteiger partial charge in [-0.25, -0.2) is 0 Å². The summed E-state index contributed by atoms with van der Waals surface area (Å²) in [5.74, 6) is -0.517. The van der Waals surface area contributed by atoms with Crippen LogP contribution in [-0.2, 0) is 9.47 Å². The van der Waals surface area contributed by atoms with Crippen molar-refractivity contribution in [2.45, 2.75) is 52.3 Å². The predicted molar refractivity (Wildman–Crippen MR) is 95.2 cm³/mol. The maximum atomic E-state index is 13.5. The quantitative estimate of drug-likeness (QED) is 0.389. The monoisotopic (exact) mass is 473 g/mol. The molecule has 0 amide bonds. The molecule has 7 nitrogen and oxygen atoms in total. The molecule has 0 aliphatic carbocycles. The first kappa shape index (κ1) is 21.4. The van der Waals surface area contributed by atoms with E-state index in [9.17, 15) is 29.9 Å².